The lowest BCUT2D eigenvalue weighted by atomic mass is 9.87. The van der Waals surface area contributed by atoms with E-state index in [2.05, 4.69) is 176 Å². The maximum atomic E-state index is 5.29. The van der Waals surface area contributed by atoms with Gasteiger partial charge in [-0.25, -0.2) is 9.97 Å². The Kier molecular flexibility index (Phi) is 6.28. The number of benzene rings is 9. The van der Waals surface area contributed by atoms with Crippen LogP contribution >= 0.6 is 0 Å². The zero-order valence-corrected chi connectivity index (χ0v) is 28.2. The lowest BCUT2D eigenvalue weighted by Crippen LogP contribution is -1.96. The number of hydrogen-bond donors (Lipinski definition) is 0. The van der Waals surface area contributed by atoms with Crippen molar-refractivity contribution < 1.29 is 0 Å². The van der Waals surface area contributed by atoms with Crippen molar-refractivity contribution in [3.05, 3.63) is 182 Å². The molecule has 0 aliphatic rings. The normalized spacial score (nSPS) is 11.8. The van der Waals surface area contributed by atoms with Gasteiger partial charge in [0.15, 0.2) is 5.82 Å². The molecule has 0 atom stereocenters. The molecular formula is C50H30N2. The van der Waals surface area contributed by atoms with Crippen LogP contribution in [-0.4, -0.2) is 9.97 Å². The molecule has 0 fully saturated rings. The summed E-state index contributed by atoms with van der Waals surface area (Å²) >= 11 is 0. The summed E-state index contributed by atoms with van der Waals surface area (Å²) in [7, 11) is 0. The maximum absolute atomic E-state index is 5.29. The van der Waals surface area contributed by atoms with Gasteiger partial charge in [0.1, 0.15) is 0 Å². The largest absolute Gasteiger partial charge is 0.228 e. The Morgan fingerprint density at radius 2 is 0.712 bits per heavy atom. The Bertz CT molecular complexity index is 3160. The van der Waals surface area contributed by atoms with Crippen LogP contribution in [0.2, 0.25) is 0 Å². The summed E-state index contributed by atoms with van der Waals surface area (Å²) in [4.78, 5) is 10.5. The molecule has 0 aliphatic heterocycles. The molecule has 0 radical (unpaired) electrons. The molecule has 1 aromatic heterocycles. The minimum Gasteiger partial charge on any atom is -0.228 e. The highest BCUT2D eigenvalue weighted by atomic mass is 14.9. The van der Waals surface area contributed by atoms with Crippen molar-refractivity contribution in [3.63, 3.8) is 0 Å². The van der Waals surface area contributed by atoms with E-state index in [1.807, 2.05) is 6.07 Å². The zero-order chi connectivity index (χ0) is 34.2. The third kappa shape index (κ3) is 4.44. The first-order valence-electron chi connectivity index (χ1n) is 17.8. The summed E-state index contributed by atoms with van der Waals surface area (Å²) < 4.78 is 0. The van der Waals surface area contributed by atoms with Crippen LogP contribution in [0.1, 0.15) is 0 Å². The molecule has 11 aromatic rings. The van der Waals surface area contributed by atoms with Crippen molar-refractivity contribution >= 4 is 64.6 Å². The molecule has 0 saturated carbocycles. The standard InChI is InChI=1S/C50H30N2/c1-3-11-31(12-4-1)36-18-7-19-37(27-36)44-30-45(52-50(51-44)35-13-5-2-6-14-35)39-28-38-26-25-34-16-9-21-41-40-20-8-15-32-23-24-33-17-10-22-42(48(33)46(32)40)43(29-39)49(38)47(34)41/h1-30H. The number of nitrogens with zero attached hydrogens (tertiary/aromatic N) is 2. The Morgan fingerprint density at radius 3 is 1.33 bits per heavy atom. The molecule has 240 valence electrons. The van der Waals surface area contributed by atoms with Crippen LogP contribution in [0.5, 0.6) is 0 Å². The first kappa shape index (κ1) is 28.9. The molecule has 0 amide bonds. The second kappa shape index (κ2) is 11.3. The summed E-state index contributed by atoms with van der Waals surface area (Å²) in [6.45, 7) is 0. The maximum Gasteiger partial charge on any atom is 0.160 e. The molecule has 1 heterocycles. The van der Waals surface area contributed by atoms with Crippen molar-refractivity contribution in [2.75, 3.05) is 0 Å². The van der Waals surface area contributed by atoms with Crippen LogP contribution in [0.3, 0.4) is 0 Å². The molecule has 11 rings (SSSR count). The third-order valence-electron chi connectivity index (χ3n) is 10.7. The lowest BCUT2D eigenvalue weighted by Gasteiger charge is -2.17. The molecule has 2 heteroatoms. The fraction of sp³-hybridized carbons (Fsp3) is 0. The van der Waals surface area contributed by atoms with E-state index in [0.717, 1.165) is 33.6 Å². The van der Waals surface area contributed by atoms with Gasteiger partial charge in [-0.2, -0.15) is 0 Å². The predicted octanol–water partition coefficient (Wildman–Crippen LogP) is 13.5. The van der Waals surface area contributed by atoms with Crippen molar-refractivity contribution in [1.29, 1.82) is 0 Å². The van der Waals surface area contributed by atoms with E-state index in [1.54, 1.807) is 0 Å². The van der Waals surface area contributed by atoms with Gasteiger partial charge in [0, 0.05) is 16.7 Å². The molecule has 0 spiro atoms. The van der Waals surface area contributed by atoms with Gasteiger partial charge in [-0.1, -0.05) is 158 Å². The van der Waals surface area contributed by atoms with Crippen molar-refractivity contribution in [1.82, 2.24) is 9.97 Å². The minimum atomic E-state index is 0.711. The van der Waals surface area contributed by atoms with Crippen molar-refractivity contribution in [3.8, 4) is 45.0 Å². The quantitative estimate of drug-likeness (QED) is 0.176. The van der Waals surface area contributed by atoms with Gasteiger partial charge in [0.25, 0.3) is 0 Å². The van der Waals surface area contributed by atoms with Gasteiger partial charge in [0.05, 0.1) is 11.4 Å². The fourth-order valence-corrected chi connectivity index (χ4v) is 8.38. The summed E-state index contributed by atoms with van der Waals surface area (Å²) in [5, 5.41) is 15.2. The second-order valence-corrected chi connectivity index (χ2v) is 13.7. The van der Waals surface area contributed by atoms with Crippen LogP contribution in [-0.2, 0) is 0 Å². The first-order valence-corrected chi connectivity index (χ1v) is 17.8. The van der Waals surface area contributed by atoms with E-state index < -0.39 is 0 Å². The molecule has 0 unspecified atom stereocenters. The number of hydrogen-bond acceptors (Lipinski definition) is 2. The highest BCUT2D eigenvalue weighted by molar-refractivity contribution is 6.37. The summed E-state index contributed by atoms with van der Waals surface area (Å²) in [5.41, 5.74) is 7.24. The highest BCUT2D eigenvalue weighted by Crippen LogP contribution is 2.44. The molecule has 0 bridgehead atoms. The minimum absolute atomic E-state index is 0.711. The van der Waals surface area contributed by atoms with Gasteiger partial charge in [0.2, 0.25) is 0 Å². The molecule has 0 aliphatic carbocycles. The Morgan fingerprint density at radius 1 is 0.250 bits per heavy atom. The monoisotopic (exact) mass is 658 g/mol. The molecular weight excluding hydrogens is 629 g/mol. The fourth-order valence-electron chi connectivity index (χ4n) is 8.38. The Balaban J connectivity index is 1.25. The van der Waals surface area contributed by atoms with Gasteiger partial charge < -0.3 is 0 Å². The van der Waals surface area contributed by atoms with E-state index in [4.69, 9.17) is 9.97 Å². The van der Waals surface area contributed by atoms with E-state index >= 15 is 0 Å². The van der Waals surface area contributed by atoms with Crippen LogP contribution < -0.4 is 0 Å². The van der Waals surface area contributed by atoms with Crippen LogP contribution in [0.25, 0.3) is 110 Å². The smallest absolute Gasteiger partial charge is 0.160 e. The third-order valence-corrected chi connectivity index (χ3v) is 10.7. The molecule has 2 nitrogen and oxygen atoms in total. The zero-order valence-electron chi connectivity index (χ0n) is 28.2. The lowest BCUT2D eigenvalue weighted by molar-refractivity contribution is 1.18. The molecule has 10 aromatic carbocycles. The first-order chi connectivity index (χ1) is 25.8. The van der Waals surface area contributed by atoms with E-state index in [-0.39, 0.29) is 0 Å². The highest BCUT2D eigenvalue weighted by Gasteiger charge is 2.18. The predicted molar refractivity (Wildman–Crippen MR) is 220 cm³/mol. The molecule has 0 saturated heterocycles. The SMILES string of the molecule is c1ccc(-c2cccc(-c3cc(-c4cc5ccc6cccc7c8cccc9ccc%10cccc(c(c4)c5c67)c%10c98)nc(-c4ccccc4)n3)c2)cc1. The Hall–Kier alpha value is -6.90. The topological polar surface area (TPSA) is 25.8 Å². The van der Waals surface area contributed by atoms with Crippen molar-refractivity contribution in [2.24, 2.45) is 0 Å². The van der Waals surface area contributed by atoms with Gasteiger partial charge in [-0.05, 0) is 100 Å². The number of rotatable bonds is 4. The molecule has 52 heavy (non-hydrogen) atoms. The van der Waals surface area contributed by atoms with Crippen LogP contribution in [0.15, 0.2) is 182 Å². The Labute approximate surface area is 300 Å². The van der Waals surface area contributed by atoms with Crippen molar-refractivity contribution in [2.45, 2.75) is 0 Å². The van der Waals surface area contributed by atoms with E-state index in [1.165, 1.54) is 70.2 Å². The van der Waals surface area contributed by atoms with Crippen LogP contribution in [0.4, 0.5) is 0 Å². The average Bonchev–Trinajstić information content (AvgIpc) is 3.22. The van der Waals surface area contributed by atoms with E-state index in [0.29, 0.717) is 5.82 Å². The number of fused-ring (bicyclic) bond motifs is 2. The van der Waals surface area contributed by atoms with Crippen LogP contribution in [0, 0.1) is 0 Å². The van der Waals surface area contributed by atoms with Gasteiger partial charge >= 0.3 is 0 Å². The average molecular weight is 659 g/mol. The molecule has 0 N–H and O–H groups in total. The summed E-state index contributed by atoms with van der Waals surface area (Å²) in [6, 6.07) is 65.7. The van der Waals surface area contributed by atoms with Gasteiger partial charge in [-0.3, -0.25) is 0 Å². The number of aromatic nitrogens is 2. The van der Waals surface area contributed by atoms with Gasteiger partial charge in [-0.15, -0.1) is 0 Å². The second-order valence-electron chi connectivity index (χ2n) is 13.7. The summed E-state index contributed by atoms with van der Waals surface area (Å²) in [6.07, 6.45) is 0. The van der Waals surface area contributed by atoms with E-state index in [9.17, 15) is 0 Å². The summed E-state index contributed by atoms with van der Waals surface area (Å²) in [5.74, 6) is 0.711.